The number of carbonyl (C=O) groups excluding carboxylic acids is 1. The molecule has 4 heteroatoms. The quantitative estimate of drug-likeness (QED) is 0.773. The van der Waals surface area contributed by atoms with Gasteiger partial charge in [0.1, 0.15) is 0 Å². The van der Waals surface area contributed by atoms with Gasteiger partial charge >= 0.3 is 6.03 Å². The molecule has 2 rings (SSSR count). The highest BCUT2D eigenvalue weighted by Crippen LogP contribution is 2.50. The van der Waals surface area contributed by atoms with Crippen LogP contribution in [0.2, 0.25) is 0 Å². The molecule has 1 fully saturated rings. The first-order valence-electron chi connectivity index (χ1n) is 7.24. The van der Waals surface area contributed by atoms with Gasteiger partial charge in [0.2, 0.25) is 0 Å². The maximum atomic E-state index is 11.8. The molecule has 0 radical (unpaired) electrons. The third-order valence-electron chi connectivity index (χ3n) is 4.33. The van der Waals surface area contributed by atoms with Crippen LogP contribution in [0.1, 0.15) is 38.8 Å². The van der Waals surface area contributed by atoms with E-state index < -0.39 is 0 Å². The Morgan fingerprint density at radius 3 is 2.45 bits per heavy atom. The topological polar surface area (TPSA) is 53.2 Å². The van der Waals surface area contributed by atoms with Crippen molar-refractivity contribution in [2.45, 2.75) is 33.2 Å². The highest BCUT2D eigenvalue weighted by atomic mass is 16.2. The summed E-state index contributed by atoms with van der Waals surface area (Å²) in [7, 11) is 1.93. The number of nitrogens with one attached hydrogen (secondary N) is 3. The Morgan fingerprint density at radius 2 is 1.95 bits per heavy atom. The van der Waals surface area contributed by atoms with Gasteiger partial charge in [0.05, 0.1) is 0 Å². The second-order valence-electron chi connectivity index (χ2n) is 6.36. The fraction of sp³-hybridized carbons (Fsp3) is 0.562. The van der Waals surface area contributed by atoms with E-state index in [0.29, 0.717) is 17.4 Å². The smallest absolute Gasteiger partial charge is 0.319 e. The van der Waals surface area contributed by atoms with Gasteiger partial charge in [-0.1, -0.05) is 26.0 Å². The Morgan fingerprint density at radius 1 is 1.35 bits per heavy atom. The van der Waals surface area contributed by atoms with E-state index in [1.54, 1.807) is 0 Å². The zero-order chi connectivity index (χ0) is 14.8. The number of amides is 2. The fourth-order valence-electron chi connectivity index (χ4n) is 2.34. The first-order valence-corrected chi connectivity index (χ1v) is 7.24. The van der Waals surface area contributed by atoms with Crippen LogP contribution in [0.5, 0.6) is 0 Å². The van der Waals surface area contributed by atoms with Crippen molar-refractivity contribution in [3.63, 3.8) is 0 Å². The summed E-state index contributed by atoms with van der Waals surface area (Å²) in [6.07, 6.45) is 1.20. The Balaban J connectivity index is 1.79. The highest BCUT2D eigenvalue weighted by molar-refractivity contribution is 5.89. The summed E-state index contributed by atoms with van der Waals surface area (Å²) in [6, 6.07) is 8.12. The average Bonchev–Trinajstić information content (AvgIpc) is 3.04. The van der Waals surface area contributed by atoms with Crippen molar-refractivity contribution < 1.29 is 4.79 Å². The normalized spacial score (nSPS) is 21.1. The molecule has 2 unspecified atom stereocenters. The van der Waals surface area contributed by atoms with E-state index in [2.05, 4.69) is 36.7 Å². The Labute approximate surface area is 121 Å². The van der Waals surface area contributed by atoms with Crippen LogP contribution in [0.25, 0.3) is 0 Å². The molecule has 2 amide bonds. The number of benzene rings is 1. The molecule has 0 bridgehead atoms. The van der Waals surface area contributed by atoms with Crippen molar-refractivity contribution >= 4 is 11.7 Å². The van der Waals surface area contributed by atoms with E-state index in [4.69, 9.17) is 0 Å². The number of urea groups is 1. The molecule has 0 saturated heterocycles. The van der Waals surface area contributed by atoms with Crippen LogP contribution in [0, 0.1) is 11.3 Å². The maximum absolute atomic E-state index is 11.8. The summed E-state index contributed by atoms with van der Waals surface area (Å²) >= 11 is 0. The first kappa shape index (κ1) is 14.9. The molecule has 110 valence electrons. The Bertz CT molecular complexity index is 467. The molecule has 2 atom stereocenters. The molecule has 4 nitrogen and oxygen atoms in total. The maximum Gasteiger partial charge on any atom is 0.319 e. The molecule has 1 aliphatic rings. The second kappa shape index (κ2) is 5.83. The molecule has 1 saturated carbocycles. The summed E-state index contributed by atoms with van der Waals surface area (Å²) in [6.45, 7) is 7.33. The van der Waals surface area contributed by atoms with Crippen LogP contribution >= 0.6 is 0 Å². The van der Waals surface area contributed by atoms with Gasteiger partial charge in [-0.25, -0.2) is 4.79 Å². The van der Waals surface area contributed by atoms with Crippen molar-refractivity contribution in [1.82, 2.24) is 10.6 Å². The van der Waals surface area contributed by atoms with Gasteiger partial charge in [0, 0.05) is 18.3 Å². The zero-order valence-corrected chi connectivity index (χ0v) is 12.8. The van der Waals surface area contributed by atoms with Crippen LogP contribution in [0.15, 0.2) is 24.3 Å². The van der Waals surface area contributed by atoms with Crippen molar-refractivity contribution in [1.29, 1.82) is 0 Å². The molecule has 1 aromatic rings. The summed E-state index contributed by atoms with van der Waals surface area (Å²) in [5.41, 5.74) is 2.43. The standard InChI is InChI=1S/C16H25N3O/c1-11(17-4)12-5-7-14(8-6-12)19-15(20)18-10-13-9-16(13,2)3/h5-8,11,13,17H,9-10H2,1-4H3,(H2,18,19,20). The lowest BCUT2D eigenvalue weighted by Gasteiger charge is -2.12. The van der Waals surface area contributed by atoms with Crippen LogP contribution < -0.4 is 16.0 Å². The minimum Gasteiger partial charge on any atom is -0.338 e. The number of rotatable bonds is 5. The van der Waals surface area contributed by atoms with Crippen LogP contribution in [0.4, 0.5) is 10.5 Å². The largest absolute Gasteiger partial charge is 0.338 e. The predicted molar refractivity (Wildman–Crippen MR) is 82.8 cm³/mol. The first-order chi connectivity index (χ1) is 9.42. The average molecular weight is 275 g/mol. The summed E-state index contributed by atoms with van der Waals surface area (Å²) < 4.78 is 0. The lowest BCUT2D eigenvalue weighted by atomic mass is 10.1. The third kappa shape index (κ3) is 3.73. The lowest BCUT2D eigenvalue weighted by Crippen LogP contribution is -2.31. The van der Waals surface area contributed by atoms with Crippen molar-refractivity contribution in [3.8, 4) is 0 Å². The van der Waals surface area contributed by atoms with E-state index in [-0.39, 0.29) is 6.03 Å². The zero-order valence-electron chi connectivity index (χ0n) is 12.8. The molecule has 1 aliphatic carbocycles. The van der Waals surface area contributed by atoms with Gasteiger partial charge in [0.15, 0.2) is 0 Å². The Hall–Kier alpha value is -1.55. The van der Waals surface area contributed by atoms with E-state index in [0.717, 1.165) is 12.2 Å². The fourth-order valence-corrected chi connectivity index (χ4v) is 2.34. The van der Waals surface area contributed by atoms with E-state index in [1.807, 2.05) is 31.3 Å². The summed E-state index contributed by atoms with van der Waals surface area (Å²) in [4.78, 5) is 11.8. The van der Waals surface area contributed by atoms with Gasteiger partial charge in [-0.2, -0.15) is 0 Å². The SMILES string of the molecule is CNC(C)c1ccc(NC(=O)NCC2CC2(C)C)cc1. The summed E-state index contributed by atoms with van der Waals surface area (Å²) in [5.74, 6) is 0.618. The molecule has 20 heavy (non-hydrogen) atoms. The highest BCUT2D eigenvalue weighted by Gasteiger charge is 2.45. The van der Waals surface area contributed by atoms with Gasteiger partial charge < -0.3 is 16.0 Å². The minimum absolute atomic E-state index is 0.123. The van der Waals surface area contributed by atoms with Gasteiger partial charge in [0.25, 0.3) is 0 Å². The number of anilines is 1. The number of hydrogen-bond acceptors (Lipinski definition) is 2. The van der Waals surface area contributed by atoms with Crippen molar-refractivity contribution in [2.24, 2.45) is 11.3 Å². The van der Waals surface area contributed by atoms with Gasteiger partial charge in [-0.3, -0.25) is 0 Å². The van der Waals surface area contributed by atoms with E-state index in [1.165, 1.54) is 12.0 Å². The van der Waals surface area contributed by atoms with Crippen molar-refractivity contribution in [3.05, 3.63) is 29.8 Å². The Kier molecular flexibility index (Phi) is 4.33. The number of hydrogen-bond donors (Lipinski definition) is 3. The lowest BCUT2D eigenvalue weighted by molar-refractivity contribution is 0.251. The monoisotopic (exact) mass is 275 g/mol. The van der Waals surface area contributed by atoms with Gasteiger partial charge in [-0.15, -0.1) is 0 Å². The van der Waals surface area contributed by atoms with E-state index in [9.17, 15) is 4.79 Å². The third-order valence-corrected chi connectivity index (χ3v) is 4.33. The molecule has 1 aromatic carbocycles. The second-order valence-corrected chi connectivity index (χ2v) is 6.36. The molecule has 0 aliphatic heterocycles. The van der Waals surface area contributed by atoms with E-state index >= 15 is 0 Å². The molecule has 0 heterocycles. The van der Waals surface area contributed by atoms with Crippen LogP contribution in [-0.2, 0) is 0 Å². The van der Waals surface area contributed by atoms with Crippen molar-refractivity contribution in [2.75, 3.05) is 18.9 Å². The van der Waals surface area contributed by atoms with Crippen LogP contribution in [0.3, 0.4) is 0 Å². The molecule has 3 N–H and O–H groups in total. The van der Waals surface area contributed by atoms with Gasteiger partial charge in [-0.05, 0) is 49.4 Å². The molecule has 0 spiro atoms. The molecular weight excluding hydrogens is 250 g/mol. The van der Waals surface area contributed by atoms with Crippen LogP contribution in [-0.4, -0.2) is 19.6 Å². The molecular formula is C16H25N3O. The summed E-state index contributed by atoms with van der Waals surface area (Å²) in [5, 5.41) is 8.99. The predicted octanol–water partition coefficient (Wildman–Crippen LogP) is 3.13. The molecule has 0 aromatic heterocycles. The minimum atomic E-state index is -0.123. The number of carbonyl (C=O) groups is 1.